The van der Waals surface area contributed by atoms with Gasteiger partial charge >= 0.3 is 0 Å². The smallest absolute Gasteiger partial charge is 0.240 e. The van der Waals surface area contributed by atoms with E-state index in [1.807, 2.05) is 42.5 Å². The monoisotopic (exact) mass is 351 g/mol. The number of benzene rings is 1. The number of carbonyl (C=O) groups excluding carboxylic acids is 3. The van der Waals surface area contributed by atoms with E-state index < -0.39 is 5.41 Å². The quantitative estimate of drug-likeness (QED) is 0.805. The summed E-state index contributed by atoms with van der Waals surface area (Å²) in [5.41, 5.74) is 0.717. The van der Waals surface area contributed by atoms with Gasteiger partial charge < -0.3 is 5.32 Å². The lowest BCUT2D eigenvalue weighted by Crippen LogP contribution is -2.38. The Morgan fingerprint density at radius 3 is 2.58 bits per heavy atom. The first-order valence-electron chi connectivity index (χ1n) is 8.57. The molecule has 0 spiro atoms. The lowest BCUT2D eigenvalue weighted by molar-refractivity contribution is -0.140. The van der Waals surface area contributed by atoms with Crippen molar-refractivity contribution in [2.45, 2.75) is 31.7 Å². The number of likely N-dealkylation sites (tertiary alicyclic amines) is 1. The summed E-state index contributed by atoms with van der Waals surface area (Å²) in [6.45, 7) is 2.20. The van der Waals surface area contributed by atoms with Crippen LogP contribution in [0.4, 0.5) is 0 Å². The van der Waals surface area contributed by atoms with Gasteiger partial charge in [-0.15, -0.1) is 0 Å². The molecule has 0 bridgehead atoms. The van der Waals surface area contributed by atoms with Crippen LogP contribution in [-0.4, -0.2) is 34.2 Å². The van der Waals surface area contributed by atoms with Crippen molar-refractivity contribution in [2.75, 3.05) is 6.54 Å². The molecule has 6 nitrogen and oxygen atoms in total. The van der Waals surface area contributed by atoms with Crippen LogP contribution in [-0.2, 0) is 26.3 Å². The molecule has 1 aliphatic heterocycles. The van der Waals surface area contributed by atoms with Crippen molar-refractivity contribution in [3.05, 3.63) is 66.0 Å². The summed E-state index contributed by atoms with van der Waals surface area (Å²) < 4.78 is 0. The molecule has 1 atom stereocenters. The summed E-state index contributed by atoms with van der Waals surface area (Å²) in [5, 5.41) is 2.75. The first kappa shape index (κ1) is 17.8. The maximum absolute atomic E-state index is 12.8. The van der Waals surface area contributed by atoms with Crippen molar-refractivity contribution < 1.29 is 14.4 Å². The zero-order valence-electron chi connectivity index (χ0n) is 14.6. The van der Waals surface area contributed by atoms with Crippen LogP contribution in [0.1, 0.15) is 31.0 Å². The van der Waals surface area contributed by atoms with Crippen LogP contribution in [0, 0.1) is 0 Å². The lowest BCUT2D eigenvalue weighted by Gasteiger charge is -2.22. The van der Waals surface area contributed by atoms with Crippen LogP contribution in [0.3, 0.4) is 0 Å². The molecule has 1 saturated heterocycles. The van der Waals surface area contributed by atoms with Crippen LogP contribution in [0.15, 0.2) is 54.7 Å². The number of nitrogens with one attached hydrogen (secondary N) is 1. The SMILES string of the molecule is C[C@]1(c2ccccc2)CC(=O)N(CCC(=O)NCc2ccccn2)C1=O. The molecule has 0 saturated carbocycles. The Kier molecular flexibility index (Phi) is 5.11. The molecule has 134 valence electrons. The second-order valence-corrected chi connectivity index (χ2v) is 6.57. The number of hydrogen-bond acceptors (Lipinski definition) is 4. The van der Waals surface area contributed by atoms with Gasteiger partial charge in [0.1, 0.15) is 0 Å². The van der Waals surface area contributed by atoms with Crippen molar-refractivity contribution in [3.8, 4) is 0 Å². The summed E-state index contributed by atoms with van der Waals surface area (Å²) in [6, 6.07) is 14.8. The minimum atomic E-state index is -0.858. The highest BCUT2D eigenvalue weighted by atomic mass is 16.2. The third-order valence-electron chi connectivity index (χ3n) is 4.69. The zero-order chi connectivity index (χ0) is 18.6. The fourth-order valence-corrected chi connectivity index (χ4v) is 3.14. The number of amides is 3. The molecule has 0 aliphatic carbocycles. The largest absolute Gasteiger partial charge is 0.350 e. The Morgan fingerprint density at radius 2 is 1.88 bits per heavy atom. The number of imide groups is 1. The zero-order valence-corrected chi connectivity index (χ0v) is 14.6. The summed E-state index contributed by atoms with van der Waals surface area (Å²) in [6.07, 6.45) is 1.87. The van der Waals surface area contributed by atoms with Crippen LogP contribution in [0.25, 0.3) is 0 Å². The predicted molar refractivity (Wildman–Crippen MR) is 95.8 cm³/mol. The third kappa shape index (κ3) is 3.64. The Morgan fingerprint density at radius 1 is 1.15 bits per heavy atom. The molecule has 6 heteroatoms. The first-order chi connectivity index (χ1) is 12.5. The van der Waals surface area contributed by atoms with E-state index in [-0.39, 0.29) is 37.1 Å². The number of pyridine rings is 1. The van der Waals surface area contributed by atoms with Gasteiger partial charge in [0.05, 0.1) is 17.7 Å². The molecule has 0 radical (unpaired) electrons. The van der Waals surface area contributed by atoms with E-state index >= 15 is 0 Å². The second-order valence-electron chi connectivity index (χ2n) is 6.57. The Hall–Kier alpha value is -3.02. The standard InChI is InChI=1S/C20H21N3O3/c1-20(15-7-3-2-4-8-15)13-18(25)23(19(20)26)12-10-17(24)22-14-16-9-5-6-11-21-16/h2-9,11H,10,12-14H2,1H3,(H,22,24)/t20-/m1/s1. The van der Waals surface area contributed by atoms with Gasteiger partial charge in [0.15, 0.2) is 0 Å². The molecule has 26 heavy (non-hydrogen) atoms. The van der Waals surface area contributed by atoms with Gasteiger partial charge in [-0.25, -0.2) is 0 Å². The molecule has 1 aliphatic rings. The minimum Gasteiger partial charge on any atom is -0.350 e. The summed E-state index contributed by atoms with van der Waals surface area (Å²) in [4.78, 5) is 42.5. The van der Waals surface area contributed by atoms with Crippen LogP contribution < -0.4 is 5.32 Å². The van der Waals surface area contributed by atoms with Gasteiger partial charge in [-0.3, -0.25) is 24.3 Å². The molecule has 0 unspecified atom stereocenters. The van der Waals surface area contributed by atoms with Crippen molar-refractivity contribution >= 4 is 17.7 Å². The molecule has 2 aromatic rings. The molecule has 3 rings (SSSR count). The number of rotatable bonds is 6. The molecule has 1 fully saturated rings. The topological polar surface area (TPSA) is 79.4 Å². The highest BCUT2D eigenvalue weighted by Crippen LogP contribution is 2.36. The van der Waals surface area contributed by atoms with E-state index in [1.165, 1.54) is 4.90 Å². The van der Waals surface area contributed by atoms with Gasteiger partial charge in [0.2, 0.25) is 17.7 Å². The fourth-order valence-electron chi connectivity index (χ4n) is 3.14. The van der Waals surface area contributed by atoms with Crippen LogP contribution in [0.5, 0.6) is 0 Å². The molecular formula is C20H21N3O3. The summed E-state index contributed by atoms with van der Waals surface area (Å²) in [5.74, 6) is -0.699. The van der Waals surface area contributed by atoms with E-state index in [0.717, 1.165) is 11.3 Å². The minimum absolute atomic E-state index is 0.0786. The van der Waals surface area contributed by atoms with Gasteiger partial charge in [-0.2, -0.15) is 0 Å². The maximum atomic E-state index is 12.8. The van der Waals surface area contributed by atoms with Crippen molar-refractivity contribution in [2.24, 2.45) is 0 Å². The van der Waals surface area contributed by atoms with Crippen molar-refractivity contribution in [3.63, 3.8) is 0 Å². The van der Waals surface area contributed by atoms with E-state index in [9.17, 15) is 14.4 Å². The maximum Gasteiger partial charge on any atom is 0.240 e. The third-order valence-corrected chi connectivity index (χ3v) is 4.69. The van der Waals surface area contributed by atoms with Gasteiger partial charge in [-0.05, 0) is 24.6 Å². The predicted octanol–water partition coefficient (Wildman–Crippen LogP) is 1.80. The van der Waals surface area contributed by atoms with Crippen LogP contribution >= 0.6 is 0 Å². The Labute approximate surface area is 152 Å². The highest BCUT2D eigenvalue weighted by molar-refractivity contribution is 6.09. The first-order valence-corrected chi connectivity index (χ1v) is 8.57. The van der Waals surface area contributed by atoms with E-state index in [1.54, 1.807) is 19.2 Å². The second kappa shape index (κ2) is 7.47. The normalized spacial score (nSPS) is 19.7. The average molecular weight is 351 g/mol. The van der Waals surface area contributed by atoms with E-state index in [4.69, 9.17) is 0 Å². The number of carbonyl (C=O) groups is 3. The van der Waals surface area contributed by atoms with Gasteiger partial charge in [0, 0.05) is 25.6 Å². The summed E-state index contributed by atoms with van der Waals surface area (Å²) in [7, 11) is 0. The average Bonchev–Trinajstić information content (AvgIpc) is 2.89. The molecule has 3 amide bonds. The Bertz CT molecular complexity index is 808. The number of hydrogen-bond donors (Lipinski definition) is 1. The van der Waals surface area contributed by atoms with E-state index in [0.29, 0.717) is 6.54 Å². The molecule has 1 N–H and O–H groups in total. The van der Waals surface area contributed by atoms with Crippen LogP contribution in [0.2, 0.25) is 0 Å². The summed E-state index contributed by atoms with van der Waals surface area (Å²) >= 11 is 0. The molecule has 1 aromatic carbocycles. The van der Waals surface area contributed by atoms with Gasteiger partial charge in [-0.1, -0.05) is 36.4 Å². The van der Waals surface area contributed by atoms with Crippen molar-refractivity contribution in [1.82, 2.24) is 15.2 Å². The molecular weight excluding hydrogens is 330 g/mol. The van der Waals surface area contributed by atoms with E-state index in [2.05, 4.69) is 10.3 Å². The number of nitrogens with zero attached hydrogens (tertiary/aromatic N) is 2. The Balaban J connectivity index is 1.57. The lowest BCUT2D eigenvalue weighted by atomic mass is 9.81. The van der Waals surface area contributed by atoms with Crippen molar-refractivity contribution in [1.29, 1.82) is 0 Å². The number of aromatic nitrogens is 1. The van der Waals surface area contributed by atoms with Gasteiger partial charge in [0.25, 0.3) is 0 Å². The highest BCUT2D eigenvalue weighted by Gasteiger charge is 2.48. The molecule has 1 aromatic heterocycles. The fraction of sp³-hybridized carbons (Fsp3) is 0.300. The molecule has 2 heterocycles.